The third-order valence-electron chi connectivity index (χ3n) is 3.87. The Bertz CT molecular complexity index is 448. The number of rotatable bonds is 6. The van der Waals surface area contributed by atoms with E-state index in [1.54, 1.807) is 7.11 Å². The molecule has 116 valence electrons. The van der Waals surface area contributed by atoms with Gasteiger partial charge in [0.05, 0.1) is 13.7 Å². The topological polar surface area (TPSA) is 32.8 Å². The highest BCUT2D eigenvalue weighted by molar-refractivity contribution is 5.97. The number of Topliss-reactive ketones (excluding diaryl/α,β-unsaturated/α-hetero) is 1. The van der Waals surface area contributed by atoms with Gasteiger partial charge in [-0.05, 0) is 30.2 Å². The fourth-order valence-corrected chi connectivity index (χ4v) is 2.72. The van der Waals surface area contributed by atoms with Crippen LogP contribution in [-0.2, 0) is 0 Å². The Morgan fingerprint density at radius 2 is 1.67 bits per heavy atom. The Labute approximate surface area is 127 Å². The molecule has 1 saturated heterocycles. The number of nitrogens with zero attached hydrogens (tertiary/aromatic N) is 2. The Morgan fingerprint density at radius 1 is 1.10 bits per heavy atom. The van der Waals surface area contributed by atoms with Gasteiger partial charge in [0.2, 0.25) is 0 Å². The number of ketones is 1. The van der Waals surface area contributed by atoms with Crippen molar-refractivity contribution in [2.75, 3.05) is 46.4 Å². The molecule has 0 saturated carbocycles. The average molecular weight is 290 g/mol. The zero-order valence-electron chi connectivity index (χ0n) is 13.3. The first-order chi connectivity index (χ1) is 10.1. The van der Waals surface area contributed by atoms with E-state index in [1.165, 1.54) is 0 Å². The van der Waals surface area contributed by atoms with Crippen LogP contribution in [0.3, 0.4) is 0 Å². The van der Waals surface area contributed by atoms with Crippen LogP contribution >= 0.6 is 0 Å². The lowest BCUT2D eigenvalue weighted by atomic mass is 10.1. The highest BCUT2D eigenvalue weighted by atomic mass is 16.5. The van der Waals surface area contributed by atoms with E-state index < -0.39 is 0 Å². The lowest BCUT2D eigenvalue weighted by Crippen LogP contribution is -2.48. The molecule has 1 aromatic carbocycles. The molecule has 0 amide bonds. The van der Waals surface area contributed by atoms with Crippen LogP contribution in [-0.4, -0.2) is 62.0 Å². The molecule has 0 bridgehead atoms. The number of ether oxygens (including phenoxy) is 1. The minimum absolute atomic E-state index is 0.190. The van der Waals surface area contributed by atoms with E-state index in [9.17, 15) is 4.79 Å². The van der Waals surface area contributed by atoms with Crippen molar-refractivity contribution in [3.63, 3.8) is 0 Å². The molecular weight excluding hydrogens is 264 g/mol. The summed E-state index contributed by atoms with van der Waals surface area (Å²) in [5, 5.41) is 0. The molecule has 1 heterocycles. The fourth-order valence-electron chi connectivity index (χ4n) is 2.72. The van der Waals surface area contributed by atoms with Crippen LogP contribution in [0.5, 0.6) is 5.75 Å². The second kappa shape index (κ2) is 7.57. The van der Waals surface area contributed by atoms with Crippen molar-refractivity contribution in [3.05, 3.63) is 29.8 Å². The van der Waals surface area contributed by atoms with Crippen molar-refractivity contribution in [2.24, 2.45) is 5.92 Å². The third kappa shape index (κ3) is 4.83. The zero-order chi connectivity index (χ0) is 15.2. The summed E-state index contributed by atoms with van der Waals surface area (Å²) in [7, 11) is 1.63. The van der Waals surface area contributed by atoms with Gasteiger partial charge in [-0.25, -0.2) is 0 Å². The quantitative estimate of drug-likeness (QED) is 0.752. The number of hydrogen-bond acceptors (Lipinski definition) is 4. The SMILES string of the molecule is COc1ccc(C(=O)CN2CCN(CC(C)C)CC2)cc1. The number of methoxy groups -OCH3 is 1. The van der Waals surface area contributed by atoms with Gasteiger partial charge in [-0.15, -0.1) is 0 Å². The maximum atomic E-state index is 12.3. The fraction of sp³-hybridized carbons (Fsp3) is 0.588. The zero-order valence-corrected chi connectivity index (χ0v) is 13.3. The van der Waals surface area contributed by atoms with Gasteiger partial charge in [-0.3, -0.25) is 9.69 Å². The molecular formula is C17H26N2O2. The summed E-state index contributed by atoms with van der Waals surface area (Å²) in [6.07, 6.45) is 0. The van der Waals surface area contributed by atoms with E-state index in [-0.39, 0.29) is 5.78 Å². The molecule has 0 unspecified atom stereocenters. The summed E-state index contributed by atoms with van der Waals surface area (Å²) in [6, 6.07) is 7.37. The lowest BCUT2D eigenvalue weighted by Gasteiger charge is -2.35. The molecule has 21 heavy (non-hydrogen) atoms. The van der Waals surface area contributed by atoms with Crippen molar-refractivity contribution >= 4 is 5.78 Å². The maximum Gasteiger partial charge on any atom is 0.176 e. The smallest absolute Gasteiger partial charge is 0.176 e. The first-order valence-electron chi connectivity index (χ1n) is 7.70. The van der Waals surface area contributed by atoms with Crippen molar-refractivity contribution in [1.29, 1.82) is 0 Å². The van der Waals surface area contributed by atoms with Crippen LogP contribution in [0.1, 0.15) is 24.2 Å². The molecule has 4 heteroatoms. The Morgan fingerprint density at radius 3 is 2.19 bits per heavy atom. The molecule has 4 nitrogen and oxygen atoms in total. The largest absolute Gasteiger partial charge is 0.497 e. The summed E-state index contributed by atoms with van der Waals surface area (Å²) in [5.74, 6) is 1.68. The van der Waals surface area contributed by atoms with Gasteiger partial charge in [-0.2, -0.15) is 0 Å². The van der Waals surface area contributed by atoms with Gasteiger partial charge in [0.25, 0.3) is 0 Å². The lowest BCUT2D eigenvalue weighted by molar-refractivity contribution is 0.0837. The van der Waals surface area contributed by atoms with Gasteiger partial charge in [-0.1, -0.05) is 13.8 Å². The minimum Gasteiger partial charge on any atom is -0.497 e. The molecule has 1 aliphatic heterocycles. The Balaban J connectivity index is 1.81. The van der Waals surface area contributed by atoms with Crippen LogP contribution in [0.25, 0.3) is 0 Å². The van der Waals surface area contributed by atoms with Gasteiger partial charge >= 0.3 is 0 Å². The van der Waals surface area contributed by atoms with E-state index in [0.717, 1.165) is 44.0 Å². The number of hydrogen-bond donors (Lipinski definition) is 0. The van der Waals surface area contributed by atoms with Crippen LogP contribution in [0.15, 0.2) is 24.3 Å². The molecule has 0 aromatic heterocycles. The predicted molar refractivity (Wildman–Crippen MR) is 85.0 cm³/mol. The van der Waals surface area contributed by atoms with E-state index >= 15 is 0 Å². The van der Waals surface area contributed by atoms with Crippen LogP contribution in [0.4, 0.5) is 0 Å². The Hall–Kier alpha value is -1.39. The second-order valence-corrected chi connectivity index (χ2v) is 6.12. The van der Waals surface area contributed by atoms with Crippen molar-refractivity contribution in [2.45, 2.75) is 13.8 Å². The third-order valence-corrected chi connectivity index (χ3v) is 3.87. The van der Waals surface area contributed by atoms with Crippen molar-refractivity contribution in [1.82, 2.24) is 9.80 Å². The first kappa shape index (κ1) is 16.0. The summed E-state index contributed by atoms with van der Waals surface area (Å²) >= 11 is 0. The van der Waals surface area contributed by atoms with Crippen LogP contribution < -0.4 is 4.74 Å². The highest BCUT2D eigenvalue weighted by Crippen LogP contribution is 2.13. The second-order valence-electron chi connectivity index (χ2n) is 6.12. The highest BCUT2D eigenvalue weighted by Gasteiger charge is 2.19. The van der Waals surface area contributed by atoms with E-state index in [0.29, 0.717) is 12.5 Å². The monoisotopic (exact) mass is 290 g/mol. The van der Waals surface area contributed by atoms with Gasteiger partial charge in [0.15, 0.2) is 5.78 Å². The molecule has 0 aliphatic carbocycles. The van der Waals surface area contributed by atoms with E-state index in [4.69, 9.17) is 4.74 Å². The van der Waals surface area contributed by atoms with Crippen molar-refractivity contribution < 1.29 is 9.53 Å². The standard InChI is InChI=1S/C17H26N2O2/c1-14(2)12-18-8-10-19(11-9-18)13-17(20)15-4-6-16(21-3)7-5-15/h4-7,14H,8-13H2,1-3H3. The number of carbonyl (C=O) groups is 1. The number of carbonyl (C=O) groups excluding carboxylic acids is 1. The molecule has 1 fully saturated rings. The van der Waals surface area contributed by atoms with Gasteiger partial charge in [0, 0.05) is 38.3 Å². The minimum atomic E-state index is 0.190. The summed E-state index contributed by atoms with van der Waals surface area (Å²) in [6.45, 7) is 10.3. The summed E-state index contributed by atoms with van der Waals surface area (Å²) in [5.41, 5.74) is 0.764. The van der Waals surface area contributed by atoms with E-state index in [1.807, 2.05) is 24.3 Å². The Kier molecular flexibility index (Phi) is 5.76. The molecule has 1 aliphatic rings. The number of benzene rings is 1. The predicted octanol–water partition coefficient (Wildman–Crippen LogP) is 2.15. The molecule has 0 radical (unpaired) electrons. The molecule has 0 atom stereocenters. The average Bonchev–Trinajstić information content (AvgIpc) is 2.49. The molecule has 1 aromatic rings. The van der Waals surface area contributed by atoms with Gasteiger partial charge in [0.1, 0.15) is 5.75 Å². The summed E-state index contributed by atoms with van der Waals surface area (Å²) < 4.78 is 5.12. The molecule has 0 N–H and O–H groups in total. The van der Waals surface area contributed by atoms with Crippen LogP contribution in [0.2, 0.25) is 0 Å². The summed E-state index contributed by atoms with van der Waals surface area (Å²) in [4.78, 5) is 17.0. The van der Waals surface area contributed by atoms with Crippen LogP contribution in [0, 0.1) is 5.92 Å². The first-order valence-corrected chi connectivity index (χ1v) is 7.70. The van der Waals surface area contributed by atoms with Crippen molar-refractivity contribution in [3.8, 4) is 5.75 Å². The number of piperazine rings is 1. The maximum absolute atomic E-state index is 12.3. The molecule has 0 spiro atoms. The van der Waals surface area contributed by atoms with E-state index in [2.05, 4.69) is 23.6 Å². The normalized spacial score (nSPS) is 17.1. The van der Waals surface area contributed by atoms with Gasteiger partial charge < -0.3 is 9.64 Å². The molecule has 2 rings (SSSR count).